The summed E-state index contributed by atoms with van der Waals surface area (Å²) in [5, 5.41) is 3.61. The molecule has 2 amide bonds. The van der Waals surface area contributed by atoms with Gasteiger partial charge in [0.05, 0.1) is 0 Å². The summed E-state index contributed by atoms with van der Waals surface area (Å²) >= 11 is 0. The molecule has 7 heteroatoms. The summed E-state index contributed by atoms with van der Waals surface area (Å²) in [5.74, 6) is 0.288. The Hall–Kier alpha value is -3.61. The smallest absolute Gasteiger partial charge is 0.336 e. The second-order valence-electron chi connectivity index (χ2n) is 7.35. The minimum absolute atomic E-state index is 0.122. The summed E-state index contributed by atoms with van der Waals surface area (Å²) in [6, 6.07) is 12.2. The number of ether oxygens (including phenoxy) is 1. The molecule has 1 aliphatic heterocycles. The summed E-state index contributed by atoms with van der Waals surface area (Å²) in [4.78, 5) is 37.5. The van der Waals surface area contributed by atoms with Gasteiger partial charge in [-0.2, -0.15) is 0 Å². The van der Waals surface area contributed by atoms with Gasteiger partial charge in [-0.05, 0) is 62.2 Å². The van der Waals surface area contributed by atoms with Gasteiger partial charge in [-0.25, -0.2) is 4.79 Å². The molecule has 2 aromatic carbocycles. The molecule has 0 spiro atoms. The fourth-order valence-electron chi connectivity index (χ4n) is 3.64. The fourth-order valence-corrected chi connectivity index (χ4v) is 3.64. The van der Waals surface area contributed by atoms with Crippen molar-refractivity contribution in [1.82, 2.24) is 0 Å². The Labute approximate surface area is 173 Å². The minimum Gasteiger partial charge on any atom is -0.483 e. The fraction of sp³-hybridized carbons (Fsp3) is 0.261. The van der Waals surface area contributed by atoms with Gasteiger partial charge in [0.2, 0.25) is 5.91 Å². The SMILES string of the molecule is Cc1cc(=O)oc2c(C)c(OCC(=O)Nc3ccc(N4CCCC4=O)cc3)ccc12. The van der Waals surface area contributed by atoms with Gasteiger partial charge in [-0.1, -0.05) is 0 Å². The van der Waals surface area contributed by atoms with Crippen molar-refractivity contribution >= 4 is 34.2 Å². The third-order valence-electron chi connectivity index (χ3n) is 5.21. The molecule has 0 saturated carbocycles. The van der Waals surface area contributed by atoms with Crippen LogP contribution in [0.1, 0.15) is 24.0 Å². The monoisotopic (exact) mass is 406 g/mol. The number of carbonyl (C=O) groups is 2. The standard InChI is InChI=1S/C23H22N2O5/c1-14-12-22(28)30-23-15(2)19(10-9-18(14)23)29-13-20(26)24-16-5-7-17(8-6-16)25-11-3-4-21(25)27/h5-10,12H,3-4,11,13H2,1-2H3,(H,24,26). The number of rotatable bonds is 5. The Kier molecular flexibility index (Phi) is 5.27. The van der Waals surface area contributed by atoms with Crippen LogP contribution in [-0.2, 0) is 9.59 Å². The van der Waals surface area contributed by atoms with E-state index in [9.17, 15) is 14.4 Å². The van der Waals surface area contributed by atoms with Gasteiger partial charge in [0.1, 0.15) is 11.3 Å². The van der Waals surface area contributed by atoms with Crippen LogP contribution in [0.3, 0.4) is 0 Å². The molecule has 1 aliphatic rings. The van der Waals surface area contributed by atoms with Crippen molar-refractivity contribution in [1.29, 1.82) is 0 Å². The van der Waals surface area contributed by atoms with Gasteiger partial charge in [-0.3, -0.25) is 9.59 Å². The highest BCUT2D eigenvalue weighted by molar-refractivity contribution is 5.96. The van der Waals surface area contributed by atoms with Crippen molar-refractivity contribution in [2.75, 3.05) is 23.4 Å². The third kappa shape index (κ3) is 3.91. The molecule has 1 fully saturated rings. The summed E-state index contributed by atoms with van der Waals surface area (Å²) in [5.41, 5.74) is 2.99. The Morgan fingerprint density at radius 2 is 1.90 bits per heavy atom. The second kappa shape index (κ2) is 8.02. The molecule has 7 nitrogen and oxygen atoms in total. The van der Waals surface area contributed by atoms with Crippen molar-refractivity contribution in [3.05, 3.63) is 64.0 Å². The number of aryl methyl sites for hydroxylation is 2. The molecule has 1 N–H and O–H groups in total. The molecular weight excluding hydrogens is 384 g/mol. The highest BCUT2D eigenvalue weighted by Gasteiger charge is 2.21. The van der Waals surface area contributed by atoms with Crippen LogP contribution in [0.4, 0.5) is 11.4 Å². The topological polar surface area (TPSA) is 88.8 Å². The number of amides is 2. The van der Waals surface area contributed by atoms with E-state index < -0.39 is 5.63 Å². The maximum Gasteiger partial charge on any atom is 0.336 e. The van der Waals surface area contributed by atoms with Crippen LogP contribution >= 0.6 is 0 Å². The van der Waals surface area contributed by atoms with E-state index in [1.807, 2.05) is 25.1 Å². The highest BCUT2D eigenvalue weighted by Crippen LogP contribution is 2.28. The van der Waals surface area contributed by atoms with Crippen molar-refractivity contribution in [2.24, 2.45) is 0 Å². The first-order valence-electron chi connectivity index (χ1n) is 9.79. The average molecular weight is 406 g/mol. The molecule has 0 bridgehead atoms. The Morgan fingerprint density at radius 3 is 2.60 bits per heavy atom. The van der Waals surface area contributed by atoms with Crippen molar-refractivity contribution < 1.29 is 18.7 Å². The third-order valence-corrected chi connectivity index (χ3v) is 5.21. The number of anilines is 2. The van der Waals surface area contributed by atoms with E-state index in [1.54, 1.807) is 30.0 Å². The molecule has 3 aromatic rings. The number of nitrogens with one attached hydrogen (secondary N) is 1. The lowest BCUT2D eigenvalue weighted by atomic mass is 10.1. The van der Waals surface area contributed by atoms with Gasteiger partial charge in [0, 0.05) is 41.4 Å². The normalized spacial score (nSPS) is 13.7. The van der Waals surface area contributed by atoms with Crippen molar-refractivity contribution in [3.63, 3.8) is 0 Å². The predicted octanol–water partition coefficient (Wildman–Crippen LogP) is 3.55. The molecule has 0 aliphatic carbocycles. The van der Waals surface area contributed by atoms with E-state index in [0.717, 1.165) is 29.6 Å². The number of nitrogens with zero attached hydrogens (tertiary/aromatic N) is 1. The Balaban J connectivity index is 1.41. The maximum atomic E-state index is 12.3. The first-order chi connectivity index (χ1) is 14.4. The zero-order chi connectivity index (χ0) is 21.3. The summed E-state index contributed by atoms with van der Waals surface area (Å²) in [6.07, 6.45) is 1.44. The van der Waals surface area contributed by atoms with E-state index in [-0.39, 0.29) is 18.4 Å². The molecule has 30 heavy (non-hydrogen) atoms. The highest BCUT2D eigenvalue weighted by atomic mass is 16.5. The van der Waals surface area contributed by atoms with E-state index in [2.05, 4.69) is 5.32 Å². The van der Waals surface area contributed by atoms with E-state index in [1.165, 1.54) is 6.07 Å². The van der Waals surface area contributed by atoms with Crippen LogP contribution in [0.2, 0.25) is 0 Å². The molecule has 2 heterocycles. The van der Waals surface area contributed by atoms with Gasteiger partial charge >= 0.3 is 5.63 Å². The zero-order valence-electron chi connectivity index (χ0n) is 16.9. The number of hydrogen-bond donors (Lipinski definition) is 1. The first kappa shape index (κ1) is 19.7. The molecule has 0 radical (unpaired) electrons. The molecule has 1 aromatic heterocycles. The Bertz CT molecular complexity index is 1180. The first-order valence-corrected chi connectivity index (χ1v) is 9.79. The zero-order valence-corrected chi connectivity index (χ0v) is 16.9. The van der Waals surface area contributed by atoms with Crippen molar-refractivity contribution in [3.8, 4) is 5.75 Å². The number of fused-ring (bicyclic) bond motifs is 1. The second-order valence-corrected chi connectivity index (χ2v) is 7.35. The van der Waals surface area contributed by atoms with Crippen LogP contribution in [0.15, 0.2) is 51.7 Å². The summed E-state index contributed by atoms with van der Waals surface area (Å²) in [7, 11) is 0. The molecule has 1 saturated heterocycles. The maximum absolute atomic E-state index is 12.3. The van der Waals surface area contributed by atoms with Gasteiger partial charge in [-0.15, -0.1) is 0 Å². The van der Waals surface area contributed by atoms with E-state index in [0.29, 0.717) is 29.0 Å². The quantitative estimate of drug-likeness (QED) is 0.655. The molecular formula is C23H22N2O5. The molecule has 154 valence electrons. The van der Waals surface area contributed by atoms with E-state index >= 15 is 0 Å². The molecule has 0 atom stereocenters. The summed E-state index contributed by atoms with van der Waals surface area (Å²) < 4.78 is 11.0. The Morgan fingerprint density at radius 1 is 1.13 bits per heavy atom. The van der Waals surface area contributed by atoms with Crippen LogP contribution in [-0.4, -0.2) is 25.0 Å². The predicted molar refractivity (Wildman–Crippen MR) is 114 cm³/mol. The lowest BCUT2D eigenvalue weighted by molar-refractivity contribution is -0.118. The minimum atomic E-state index is -0.419. The number of carbonyl (C=O) groups excluding carboxylic acids is 2. The van der Waals surface area contributed by atoms with Crippen LogP contribution in [0.5, 0.6) is 5.75 Å². The lowest BCUT2D eigenvalue weighted by Crippen LogP contribution is -2.23. The van der Waals surface area contributed by atoms with Gasteiger partial charge in [0.15, 0.2) is 6.61 Å². The van der Waals surface area contributed by atoms with Crippen LogP contribution in [0, 0.1) is 13.8 Å². The molecule has 0 unspecified atom stereocenters. The van der Waals surface area contributed by atoms with Crippen molar-refractivity contribution in [2.45, 2.75) is 26.7 Å². The number of hydrogen-bond acceptors (Lipinski definition) is 5. The number of benzene rings is 2. The van der Waals surface area contributed by atoms with Crippen LogP contribution < -0.4 is 20.6 Å². The van der Waals surface area contributed by atoms with Crippen LogP contribution in [0.25, 0.3) is 11.0 Å². The molecule has 4 rings (SSSR count). The lowest BCUT2D eigenvalue weighted by Gasteiger charge is -2.16. The van der Waals surface area contributed by atoms with Gasteiger partial charge in [0.25, 0.3) is 5.91 Å². The van der Waals surface area contributed by atoms with E-state index in [4.69, 9.17) is 9.15 Å². The average Bonchev–Trinajstić information content (AvgIpc) is 3.14. The largest absolute Gasteiger partial charge is 0.483 e. The summed E-state index contributed by atoms with van der Waals surface area (Å²) in [6.45, 7) is 4.17. The van der Waals surface area contributed by atoms with Gasteiger partial charge < -0.3 is 19.4 Å².